The second kappa shape index (κ2) is 7.12. The first kappa shape index (κ1) is 16.0. The molecule has 6 heteroatoms. The number of hydrogen-bond acceptors (Lipinski definition) is 6. The Hall–Kier alpha value is -2.89. The zero-order valence-electron chi connectivity index (χ0n) is 13.6. The van der Waals surface area contributed by atoms with Crippen molar-refractivity contribution in [1.29, 1.82) is 0 Å². The topological polar surface area (TPSA) is 78.4 Å². The van der Waals surface area contributed by atoms with Gasteiger partial charge in [-0.15, -0.1) is 0 Å². The number of aromatic nitrogens is 2. The minimum absolute atomic E-state index is 0.0211. The molecule has 6 nitrogen and oxygen atoms in total. The van der Waals surface area contributed by atoms with E-state index in [2.05, 4.69) is 10.1 Å². The van der Waals surface area contributed by atoms with Gasteiger partial charge in [0.05, 0.1) is 11.9 Å². The van der Waals surface area contributed by atoms with E-state index in [0.29, 0.717) is 18.1 Å². The minimum atomic E-state index is -0.311. The third-order valence-electron chi connectivity index (χ3n) is 3.73. The number of rotatable bonds is 6. The average molecular weight is 326 g/mol. The van der Waals surface area contributed by atoms with Gasteiger partial charge in [-0.25, -0.2) is 4.98 Å². The van der Waals surface area contributed by atoms with Gasteiger partial charge in [0, 0.05) is 17.5 Å². The number of carbonyl (C=O) groups is 1. The van der Waals surface area contributed by atoms with E-state index in [1.54, 1.807) is 6.20 Å². The molecule has 24 heavy (non-hydrogen) atoms. The molecule has 0 saturated carbocycles. The van der Waals surface area contributed by atoms with Gasteiger partial charge in [-0.1, -0.05) is 35.5 Å². The summed E-state index contributed by atoms with van der Waals surface area (Å²) >= 11 is 0. The summed E-state index contributed by atoms with van der Waals surface area (Å²) in [6, 6.07) is 9.64. The molecule has 0 spiro atoms. The van der Waals surface area contributed by atoms with Crippen molar-refractivity contribution in [3.8, 4) is 11.3 Å². The van der Waals surface area contributed by atoms with Crippen LogP contribution < -0.4 is 0 Å². The Labute approximate surface area is 139 Å². The summed E-state index contributed by atoms with van der Waals surface area (Å²) in [7, 11) is 0. The van der Waals surface area contributed by atoms with Crippen molar-refractivity contribution < 1.29 is 18.5 Å². The molecule has 0 atom stereocenters. The van der Waals surface area contributed by atoms with E-state index in [1.165, 1.54) is 0 Å². The quantitative estimate of drug-likeness (QED) is 0.644. The average Bonchev–Trinajstić information content (AvgIpc) is 3.19. The van der Waals surface area contributed by atoms with E-state index < -0.39 is 0 Å². The largest absolute Gasteiger partial charge is 0.456 e. The molecule has 0 unspecified atom stereocenters. The first-order valence-corrected chi connectivity index (χ1v) is 7.71. The van der Waals surface area contributed by atoms with Gasteiger partial charge in [0.25, 0.3) is 0 Å². The molecule has 124 valence electrons. The number of aryl methyl sites for hydroxylation is 2. The predicted octanol–water partition coefficient (Wildman–Crippen LogP) is 3.62. The summed E-state index contributed by atoms with van der Waals surface area (Å²) in [4.78, 5) is 16.0. The SMILES string of the molecule is Cc1noc(C)c1CCC(=O)OCc1ncc(-c2ccccc2)o1. The molecule has 0 aliphatic carbocycles. The van der Waals surface area contributed by atoms with Gasteiger partial charge in [0.15, 0.2) is 12.4 Å². The fourth-order valence-electron chi connectivity index (χ4n) is 2.41. The van der Waals surface area contributed by atoms with E-state index in [-0.39, 0.29) is 19.0 Å². The normalized spacial score (nSPS) is 10.8. The number of oxazole rings is 1. The summed E-state index contributed by atoms with van der Waals surface area (Å²) in [5.74, 6) is 1.45. The van der Waals surface area contributed by atoms with E-state index in [4.69, 9.17) is 13.7 Å². The van der Waals surface area contributed by atoms with Crippen molar-refractivity contribution >= 4 is 5.97 Å². The number of nitrogens with zero attached hydrogens (tertiary/aromatic N) is 2. The lowest BCUT2D eigenvalue weighted by atomic mass is 10.1. The van der Waals surface area contributed by atoms with Crippen molar-refractivity contribution in [3.05, 3.63) is 59.4 Å². The van der Waals surface area contributed by atoms with Gasteiger partial charge in [-0.05, 0) is 20.3 Å². The highest BCUT2D eigenvalue weighted by Gasteiger charge is 2.13. The molecule has 0 radical (unpaired) electrons. The molecule has 0 N–H and O–H groups in total. The summed E-state index contributed by atoms with van der Waals surface area (Å²) in [5.41, 5.74) is 2.69. The molecular formula is C18H18N2O4. The van der Waals surface area contributed by atoms with Crippen LogP contribution in [0.4, 0.5) is 0 Å². The smallest absolute Gasteiger partial charge is 0.306 e. The van der Waals surface area contributed by atoms with Gasteiger partial charge in [-0.3, -0.25) is 4.79 Å². The van der Waals surface area contributed by atoms with Crippen LogP contribution in [-0.2, 0) is 22.6 Å². The van der Waals surface area contributed by atoms with Crippen molar-refractivity contribution in [3.63, 3.8) is 0 Å². The van der Waals surface area contributed by atoms with Crippen LogP contribution in [0.5, 0.6) is 0 Å². The lowest BCUT2D eigenvalue weighted by molar-refractivity contribution is -0.145. The maximum atomic E-state index is 11.9. The van der Waals surface area contributed by atoms with Crippen LogP contribution in [0.2, 0.25) is 0 Å². The van der Waals surface area contributed by atoms with Gasteiger partial charge < -0.3 is 13.7 Å². The van der Waals surface area contributed by atoms with Gasteiger partial charge in [0.1, 0.15) is 5.76 Å². The van der Waals surface area contributed by atoms with Crippen LogP contribution in [0.25, 0.3) is 11.3 Å². The Morgan fingerprint density at radius 3 is 2.71 bits per heavy atom. The molecule has 1 aromatic carbocycles. The van der Waals surface area contributed by atoms with Gasteiger partial charge in [0.2, 0.25) is 5.89 Å². The monoisotopic (exact) mass is 326 g/mol. The third-order valence-corrected chi connectivity index (χ3v) is 3.73. The first-order valence-electron chi connectivity index (χ1n) is 7.71. The second-order valence-corrected chi connectivity index (χ2v) is 5.45. The van der Waals surface area contributed by atoms with Crippen molar-refractivity contribution in [1.82, 2.24) is 10.1 Å². The molecular weight excluding hydrogens is 308 g/mol. The summed E-state index contributed by atoms with van der Waals surface area (Å²) in [6.07, 6.45) is 2.43. The van der Waals surface area contributed by atoms with Crippen LogP contribution in [0.15, 0.2) is 45.5 Å². The van der Waals surface area contributed by atoms with Gasteiger partial charge >= 0.3 is 5.97 Å². The van der Waals surface area contributed by atoms with Crippen LogP contribution >= 0.6 is 0 Å². The fourth-order valence-corrected chi connectivity index (χ4v) is 2.41. The zero-order chi connectivity index (χ0) is 16.9. The summed E-state index contributed by atoms with van der Waals surface area (Å²) in [5, 5.41) is 3.87. The molecule has 0 saturated heterocycles. The predicted molar refractivity (Wildman–Crippen MR) is 86.0 cm³/mol. The molecule has 0 aliphatic rings. The van der Waals surface area contributed by atoms with Crippen molar-refractivity contribution in [2.75, 3.05) is 0 Å². The summed E-state index contributed by atoms with van der Waals surface area (Å²) < 4.78 is 15.9. The standard InChI is InChI=1S/C18H18N2O4/c1-12-15(13(2)24-20-12)8-9-18(21)22-11-17-19-10-16(23-17)14-6-4-3-5-7-14/h3-7,10H,8-9,11H2,1-2H3. The molecule has 2 aromatic heterocycles. The Morgan fingerprint density at radius 1 is 1.21 bits per heavy atom. The number of carbonyl (C=O) groups excluding carboxylic acids is 1. The molecule has 3 aromatic rings. The Kier molecular flexibility index (Phi) is 4.74. The van der Waals surface area contributed by atoms with Crippen LogP contribution in [0.3, 0.4) is 0 Å². The van der Waals surface area contributed by atoms with Crippen LogP contribution in [0.1, 0.15) is 29.3 Å². The van der Waals surface area contributed by atoms with Gasteiger partial charge in [-0.2, -0.15) is 0 Å². The Morgan fingerprint density at radius 2 is 2.00 bits per heavy atom. The highest BCUT2D eigenvalue weighted by atomic mass is 16.5. The number of esters is 1. The lowest BCUT2D eigenvalue weighted by Crippen LogP contribution is -2.06. The Balaban J connectivity index is 1.51. The number of hydrogen-bond donors (Lipinski definition) is 0. The van der Waals surface area contributed by atoms with E-state index in [9.17, 15) is 4.79 Å². The van der Waals surface area contributed by atoms with Crippen LogP contribution in [0, 0.1) is 13.8 Å². The molecule has 0 aliphatic heterocycles. The van der Waals surface area contributed by atoms with E-state index in [0.717, 1.165) is 22.6 Å². The maximum Gasteiger partial charge on any atom is 0.306 e. The van der Waals surface area contributed by atoms with E-state index >= 15 is 0 Å². The highest BCUT2D eigenvalue weighted by Crippen LogP contribution is 2.20. The third kappa shape index (κ3) is 3.71. The van der Waals surface area contributed by atoms with Crippen LogP contribution in [-0.4, -0.2) is 16.1 Å². The Bertz CT molecular complexity index is 801. The fraction of sp³-hybridized carbons (Fsp3) is 0.278. The second-order valence-electron chi connectivity index (χ2n) is 5.45. The van der Waals surface area contributed by atoms with E-state index in [1.807, 2.05) is 44.2 Å². The molecule has 2 heterocycles. The molecule has 0 bridgehead atoms. The number of ether oxygens (including phenoxy) is 1. The first-order chi connectivity index (χ1) is 11.6. The van der Waals surface area contributed by atoms with Crippen molar-refractivity contribution in [2.24, 2.45) is 0 Å². The summed E-state index contributed by atoms with van der Waals surface area (Å²) in [6.45, 7) is 3.71. The highest BCUT2D eigenvalue weighted by molar-refractivity contribution is 5.69. The minimum Gasteiger partial charge on any atom is -0.456 e. The lowest BCUT2D eigenvalue weighted by Gasteiger charge is -2.02. The molecule has 0 amide bonds. The molecule has 0 fully saturated rings. The molecule has 3 rings (SSSR count). The zero-order valence-corrected chi connectivity index (χ0v) is 13.6. The van der Waals surface area contributed by atoms with Crippen molar-refractivity contribution in [2.45, 2.75) is 33.3 Å². The number of benzene rings is 1. The maximum absolute atomic E-state index is 11.9.